The molecule has 0 bridgehead atoms. The monoisotopic (exact) mass is 418 g/mol. The molecular formula is C26H27ClN2O. The predicted molar refractivity (Wildman–Crippen MR) is 126 cm³/mol. The van der Waals surface area contributed by atoms with Crippen LogP contribution in [0.2, 0.25) is 5.02 Å². The van der Waals surface area contributed by atoms with Gasteiger partial charge in [0.1, 0.15) is 11.6 Å². The van der Waals surface area contributed by atoms with Crippen LogP contribution in [0.5, 0.6) is 5.75 Å². The molecule has 0 N–H and O–H groups in total. The average Bonchev–Trinajstić information content (AvgIpc) is 3.07. The lowest BCUT2D eigenvalue weighted by atomic mass is 10.1. The normalized spacial score (nSPS) is 11.2. The number of para-hydroxylation sites is 2. The topological polar surface area (TPSA) is 27.1 Å². The summed E-state index contributed by atoms with van der Waals surface area (Å²) in [5.41, 5.74) is 7.97. The van der Waals surface area contributed by atoms with Crippen molar-refractivity contribution in [1.29, 1.82) is 0 Å². The summed E-state index contributed by atoms with van der Waals surface area (Å²) in [4.78, 5) is 4.95. The van der Waals surface area contributed by atoms with Gasteiger partial charge in [0.2, 0.25) is 0 Å². The van der Waals surface area contributed by atoms with E-state index in [0.29, 0.717) is 6.61 Å². The zero-order chi connectivity index (χ0) is 21.3. The van der Waals surface area contributed by atoms with Gasteiger partial charge in [0.25, 0.3) is 0 Å². The van der Waals surface area contributed by atoms with E-state index in [0.717, 1.165) is 51.7 Å². The zero-order valence-corrected chi connectivity index (χ0v) is 18.8. The minimum atomic E-state index is 0.638. The maximum absolute atomic E-state index is 6.27. The van der Waals surface area contributed by atoms with Crippen LogP contribution in [0, 0.1) is 27.7 Å². The van der Waals surface area contributed by atoms with Crippen LogP contribution >= 0.6 is 11.6 Å². The number of imidazole rings is 1. The Bertz CT molecular complexity index is 1190. The fourth-order valence-corrected chi connectivity index (χ4v) is 4.08. The molecule has 0 saturated heterocycles. The van der Waals surface area contributed by atoms with E-state index < -0.39 is 0 Å². The number of nitrogens with zero attached hydrogens (tertiary/aromatic N) is 2. The third-order valence-corrected chi connectivity index (χ3v) is 6.08. The maximum Gasteiger partial charge on any atom is 0.141 e. The molecule has 1 heterocycles. The Morgan fingerprint density at radius 3 is 2.37 bits per heavy atom. The number of rotatable bonds is 6. The summed E-state index contributed by atoms with van der Waals surface area (Å²) in [6, 6.07) is 18.9. The fourth-order valence-electron chi connectivity index (χ4n) is 3.97. The highest BCUT2D eigenvalue weighted by Crippen LogP contribution is 2.29. The number of aryl methyl sites for hydroxylation is 5. The molecule has 154 valence electrons. The molecular weight excluding hydrogens is 392 g/mol. The molecule has 0 unspecified atom stereocenters. The van der Waals surface area contributed by atoms with Gasteiger partial charge >= 0.3 is 0 Å². The number of hydrogen-bond acceptors (Lipinski definition) is 2. The second-order valence-corrected chi connectivity index (χ2v) is 8.35. The van der Waals surface area contributed by atoms with Crippen LogP contribution in [-0.2, 0) is 6.54 Å². The molecule has 30 heavy (non-hydrogen) atoms. The van der Waals surface area contributed by atoms with Crippen molar-refractivity contribution in [2.24, 2.45) is 0 Å². The van der Waals surface area contributed by atoms with Gasteiger partial charge in [-0.25, -0.2) is 4.98 Å². The van der Waals surface area contributed by atoms with Crippen LogP contribution in [0.25, 0.3) is 22.4 Å². The summed E-state index contributed by atoms with van der Waals surface area (Å²) in [5, 5.41) is 0.811. The molecule has 4 rings (SSSR count). The number of halogens is 1. The quantitative estimate of drug-likeness (QED) is 0.313. The highest BCUT2D eigenvalue weighted by molar-refractivity contribution is 6.32. The van der Waals surface area contributed by atoms with Crippen molar-refractivity contribution in [3.63, 3.8) is 0 Å². The lowest BCUT2D eigenvalue weighted by Gasteiger charge is -2.13. The van der Waals surface area contributed by atoms with Crippen LogP contribution < -0.4 is 4.74 Å². The Morgan fingerprint density at radius 1 is 0.900 bits per heavy atom. The largest absolute Gasteiger partial charge is 0.494 e. The summed E-state index contributed by atoms with van der Waals surface area (Å²) >= 11 is 6.27. The Labute approximate surface area is 183 Å². The highest BCUT2D eigenvalue weighted by atomic mass is 35.5. The zero-order valence-electron chi connectivity index (χ0n) is 18.0. The van der Waals surface area contributed by atoms with Crippen LogP contribution in [0.1, 0.15) is 28.7 Å². The van der Waals surface area contributed by atoms with E-state index in [1.165, 1.54) is 16.7 Å². The van der Waals surface area contributed by atoms with E-state index in [4.69, 9.17) is 21.3 Å². The number of aromatic nitrogens is 2. The van der Waals surface area contributed by atoms with Crippen molar-refractivity contribution in [3.05, 3.63) is 81.9 Å². The summed E-state index contributed by atoms with van der Waals surface area (Å²) < 4.78 is 8.34. The Balaban J connectivity index is 1.56. The van der Waals surface area contributed by atoms with Crippen molar-refractivity contribution in [1.82, 2.24) is 9.55 Å². The van der Waals surface area contributed by atoms with Gasteiger partial charge in [-0.15, -0.1) is 0 Å². The van der Waals surface area contributed by atoms with Gasteiger partial charge < -0.3 is 9.30 Å². The summed E-state index contributed by atoms with van der Waals surface area (Å²) in [6.07, 6.45) is 0.888. The van der Waals surface area contributed by atoms with Gasteiger partial charge in [-0.05, 0) is 75.1 Å². The highest BCUT2D eigenvalue weighted by Gasteiger charge is 2.14. The van der Waals surface area contributed by atoms with Gasteiger partial charge in [0.05, 0.1) is 17.6 Å². The van der Waals surface area contributed by atoms with Gasteiger partial charge in [0.15, 0.2) is 0 Å². The molecule has 3 aromatic carbocycles. The molecule has 0 radical (unpaired) electrons. The van der Waals surface area contributed by atoms with E-state index >= 15 is 0 Å². The first kappa shape index (κ1) is 20.5. The number of benzene rings is 3. The summed E-state index contributed by atoms with van der Waals surface area (Å²) in [6.45, 7) is 9.78. The van der Waals surface area contributed by atoms with Gasteiger partial charge in [-0.1, -0.05) is 47.5 Å². The molecule has 0 aliphatic rings. The lowest BCUT2D eigenvalue weighted by Crippen LogP contribution is -2.07. The molecule has 3 nitrogen and oxygen atoms in total. The first-order valence-electron chi connectivity index (χ1n) is 10.4. The van der Waals surface area contributed by atoms with Crippen molar-refractivity contribution in [2.75, 3.05) is 6.61 Å². The van der Waals surface area contributed by atoms with Gasteiger partial charge in [-0.2, -0.15) is 0 Å². The first-order chi connectivity index (χ1) is 14.4. The van der Waals surface area contributed by atoms with Crippen molar-refractivity contribution in [2.45, 2.75) is 40.7 Å². The molecule has 0 saturated carbocycles. The SMILES string of the molecule is Cc1ccc(-c2nc3ccccc3n2CCCOc2cc(C)c(Cl)c(C)c2)c(C)c1. The van der Waals surface area contributed by atoms with E-state index in [9.17, 15) is 0 Å². The van der Waals surface area contributed by atoms with E-state index in [1.807, 2.05) is 32.0 Å². The second-order valence-electron chi connectivity index (χ2n) is 7.97. The van der Waals surface area contributed by atoms with Crippen LogP contribution in [0.3, 0.4) is 0 Å². The van der Waals surface area contributed by atoms with Crippen LogP contribution in [-0.4, -0.2) is 16.2 Å². The first-order valence-corrected chi connectivity index (χ1v) is 10.7. The molecule has 4 aromatic rings. The molecule has 0 aliphatic carbocycles. The van der Waals surface area contributed by atoms with Crippen LogP contribution in [0.15, 0.2) is 54.6 Å². The number of fused-ring (bicyclic) bond motifs is 1. The Hall–Kier alpha value is -2.78. The molecule has 0 fully saturated rings. The van der Waals surface area contributed by atoms with Crippen molar-refractivity contribution >= 4 is 22.6 Å². The molecule has 0 atom stereocenters. The average molecular weight is 419 g/mol. The molecule has 0 spiro atoms. The standard InChI is InChI=1S/C26H27ClN2O/c1-17-10-11-22(18(2)14-17)26-28-23-8-5-6-9-24(23)29(26)12-7-13-30-21-15-19(3)25(27)20(4)16-21/h5-6,8-11,14-16H,7,12-13H2,1-4H3. The molecule has 0 amide bonds. The second kappa shape index (κ2) is 8.53. The van der Waals surface area contributed by atoms with Gasteiger partial charge in [-0.3, -0.25) is 0 Å². The van der Waals surface area contributed by atoms with E-state index in [-0.39, 0.29) is 0 Å². The molecule has 4 heteroatoms. The minimum absolute atomic E-state index is 0.638. The van der Waals surface area contributed by atoms with E-state index in [1.54, 1.807) is 0 Å². The van der Waals surface area contributed by atoms with E-state index in [2.05, 4.69) is 54.8 Å². The summed E-state index contributed by atoms with van der Waals surface area (Å²) in [7, 11) is 0. The predicted octanol–water partition coefficient (Wildman–Crippen LogP) is 7.06. The Morgan fingerprint density at radius 2 is 1.63 bits per heavy atom. The number of ether oxygens (including phenoxy) is 1. The minimum Gasteiger partial charge on any atom is -0.494 e. The number of hydrogen-bond donors (Lipinski definition) is 0. The Kier molecular flexibility index (Phi) is 5.83. The lowest BCUT2D eigenvalue weighted by molar-refractivity contribution is 0.302. The fraction of sp³-hybridized carbons (Fsp3) is 0.269. The summed E-state index contributed by atoms with van der Waals surface area (Å²) in [5.74, 6) is 1.89. The smallest absolute Gasteiger partial charge is 0.141 e. The molecule has 0 aliphatic heterocycles. The molecule has 1 aromatic heterocycles. The van der Waals surface area contributed by atoms with Crippen LogP contribution in [0.4, 0.5) is 0 Å². The third kappa shape index (κ3) is 4.08. The van der Waals surface area contributed by atoms with Gasteiger partial charge in [0, 0.05) is 17.1 Å². The maximum atomic E-state index is 6.27. The third-order valence-electron chi connectivity index (χ3n) is 5.48. The van der Waals surface area contributed by atoms with Crippen molar-refractivity contribution < 1.29 is 4.74 Å². The van der Waals surface area contributed by atoms with Crippen molar-refractivity contribution in [3.8, 4) is 17.1 Å².